The molecule has 1 aliphatic heterocycles. The third kappa shape index (κ3) is 4.28. The van der Waals surface area contributed by atoms with E-state index in [-0.39, 0.29) is 17.6 Å². The van der Waals surface area contributed by atoms with Crippen molar-refractivity contribution in [3.8, 4) is 0 Å². The van der Waals surface area contributed by atoms with E-state index in [4.69, 9.17) is 9.84 Å². The van der Waals surface area contributed by atoms with Gasteiger partial charge in [-0.05, 0) is 43.4 Å². The third-order valence-corrected chi connectivity index (χ3v) is 4.88. The molecule has 20 heavy (non-hydrogen) atoms. The van der Waals surface area contributed by atoms with E-state index in [9.17, 15) is 8.42 Å². The van der Waals surface area contributed by atoms with Crippen molar-refractivity contribution in [1.82, 2.24) is 4.72 Å². The summed E-state index contributed by atoms with van der Waals surface area (Å²) in [6.45, 7) is 0.978. The van der Waals surface area contributed by atoms with Crippen molar-refractivity contribution in [1.29, 1.82) is 0 Å². The van der Waals surface area contributed by atoms with Crippen LogP contribution in [0.15, 0.2) is 29.2 Å². The molecular weight excluding hydrogens is 278 g/mol. The average molecular weight is 299 g/mol. The van der Waals surface area contributed by atoms with Gasteiger partial charge in [0.2, 0.25) is 10.0 Å². The number of hydrogen-bond donors (Lipinski definition) is 2. The van der Waals surface area contributed by atoms with Crippen molar-refractivity contribution >= 4 is 10.0 Å². The Morgan fingerprint density at radius 2 is 2.20 bits per heavy atom. The molecule has 1 fully saturated rings. The maximum Gasteiger partial charge on any atom is 0.240 e. The van der Waals surface area contributed by atoms with E-state index in [2.05, 4.69) is 4.72 Å². The summed E-state index contributed by atoms with van der Waals surface area (Å²) in [4.78, 5) is 0.189. The second-order valence-electron chi connectivity index (χ2n) is 4.98. The van der Waals surface area contributed by atoms with Crippen molar-refractivity contribution in [2.45, 2.75) is 43.3 Å². The van der Waals surface area contributed by atoms with Gasteiger partial charge in [0.25, 0.3) is 0 Å². The van der Waals surface area contributed by atoms with Crippen LogP contribution in [-0.2, 0) is 21.4 Å². The fourth-order valence-electron chi connectivity index (χ4n) is 2.28. The molecule has 1 saturated heterocycles. The molecule has 6 heteroatoms. The fraction of sp³-hybridized carbons (Fsp3) is 0.571. The van der Waals surface area contributed by atoms with Crippen LogP contribution in [0.3, 0.4) is 0 Å². The molecule has 0 spiro atoms. The molecule has 2 N–H and O–H groups in total. The van der Waals surface area contributed by atoms with Gasteiger partial charge in [0.15, 0.2) is 0 Å². The fourth-order valence-corrected chi connectivity index (χ4v) is 3.40. The molecule has 0 radical (unpaired) electrons. The van der Waals surface area contributed by atoms with Crippen LogP contribution in [0.25, 0.3) is 0 Å². The molecule has 0 saturated carbocycles. The first-order valence-electron chi connectivity index (χ1n) is 6.93. The summed E-state index contributed by atoms with van der Waals surface area (Å²) in [6.07, 6.45) is 4.10. The smallest absolute Gasteiger partial charge is 0.240 e. The maximum absolute atomic E-state index is 12.1. The summed E-state index contributed by atoms with van der Waals surface area (Å²) < 4.78 is 32.4. The molecule has 0 bridgehead atoms. The van der Waals surface area contributed by atoms with E-state index in [0.29, 0.717) is 18.5 Å². The number of aliphatic hydroxyl groups is 1. The summed E-state index contributed by atoms with van der Waals surface area (Å²) >= 11 is 0. The molecule has 5 nitrogen and oxygen atoms in total. The van der Waals surface area contributed by atoms with Crippen molar-refractivity contribution in [2.75, 3.05) is 13.2 Å². The second-order valence-corrected chi connectivity index (χ2v) is 6.75. The number of benzene rings is 1. The number of ether oxygens (including phenoxy) is 1. The zero-order valence-electron chi connectivity index (χ0n) is 11.4. The Morgan fingerprint density at radius 3 is 2.90 bits per heavy atom. The molecule has 1 heterocycles. The zero-order chi connectivity index (χ0) is 14.4. The van der Waals surface area contributed by atoms with Gasteiger partial charge in [-0.2, -0.15) is 0 Å². The number of hydrogen-bond acceptors (Lipinski definition) is 4. The SMILES string of the molecule is O=S(=O)(NCCC1CCCCO1)c1cccc(CO)c1. The third-order valence-electron chi connectivity index (χ3n) is 3.42. The van der Waals surface area contributed by atoms with Crippen LogP contribution in [0.1, 0.15) is 31.2 Å². The summed E-state index contributed by atoms with van der Waals surface area (Å²) in [6, 6.07) is 6.33. The Bertz CT molecular complexity index is 524. The lowest BCUT2D eigenvalue weighted by molar-refractivity contribution is 0.0123. The van der Waals surface area contributed by atoms with Gasteiger partial charge in [0.1, 0.15) is 0 Å². The lowest BCUT2D eigenvalue weighted by atomic mass is 10.1. The Labute approximate surface area is 120 Å². The van der Waals surface area contributed by atoms with Crippen LogP contribution in [-0.4, -0.2) is 32.8 Å². The molecule has 0 aromatic heterocycles. The van der Waals surface area contributed by atoms with Gasteiger partial charge >= 0.3 is 0 Å². The topological polar surface area (TPSA) is 75.6 Å². The first kappa shape index (κ1) is 15.4. The lowest BCUT2D eigenvalue weighted by Crippen LogP contribution is -2.29. The van der Waals surface area contributed by atoms with Gasteiger partial charge in [0, 0.05) is 13.2 Å². The van der Waals surface area contributed by atoms with Crippen molar-refractivity contribution in [3.63, 3.8) is 0 Å². The van der Waals surface area contributed by atoms with Crippen molar-refractivity contribution < 1.29 is 18.3 Å². The monoisotopic (exact) mass is 299 g/mol. The van der Waals surface area contributed by atoms with E-state index in [1.54, 1.807) is 12.1 Å². The quantitative estimate of drug-likeness (QED) is 0.833. The van der Waals surface area contributed by atoms with Crippen LogP contribution >= 0.6 is 0 Å². The van der Waals surface area contributed by atoms with Gasteiger partial charge in [-0.15, -0.1) is 0 Å². The van der Waals surface area contributed by atoms with Crippen LogP contribution in [0, 0.1) is 0 Å². The van der Waals surface area contributed by atoms with Crippen LogP contribution in [0.4, 0.5) is 0 Å². The predicted molar refractivity (Wildman–Crippen MR) is 75.8 cm³/mol. The average Bonchev–Trinajstić information content (AvgIpc) is 2.48. The Morgan fingerprint density at radius 1 is 1.35 bits per heavy atom. The maximum atomic E-state index is 12.1. The molecular formula is C14H21NO4S. The minimum atomic E-state index is -3.51. The molecule has 0 aliphatic carbocycles. The molecule has 1 aliphatic rings. The highest BCUT2D eigenvalue weighted by Crippen LogP contribution is 2.16. The number of aliphatic hydroxyl groups excluding tert-OH is 1. The van der Waals surface area contributed by atoms with Crippen LogP contribution < -0.4 is 4.72 Å². The van der Waals surface area contributed by atoms with Crippen LogP contribution in [0.2, 0.25) is 0 Å². The van der Waals surface area contributed by atoms with E-state index in [1.807, 2.05) is 0 Å². The van der Waals surface area contributed by atoms with E-state index in [0.717, 1.165) is 25.9 Å². The zero-order valence-corrected chi connectivity index (χ0v) is 12.2. The van der Waals surface area contributed by atoms with Crippen LogP contribution in [0.5, 0.6) is 0 Å². The minimum Gasteiger partial charge on any atom is -0.392 e. The molecule has 1 atom stereocenters. The van der Waals surface area contributed by atoms with E-state index < -0.39 is 10.0 Å². The Balaban J connectivity index is 1.89. The molecule has 112 valence electrons. The van der Waals surface area contributed by atoms with Crippen molar-refractivity contribution in [3.05, 3.63) is 29.8 Å². The molecule has 1 aromatic rings. The minimum absolute atomic E-state index is 0.162. The Kier molecular flexibility index (Phi) is 5.54. The number of rotatable bonds is 6. The van der Waals surface area contributed by atoms with Gasteiger partial charge in [-0.25, -0.2) is 13.1 Å². The van der Waals surface area contributed by atoms with E-state index >= 15 is 0 Å². The molecule has 0 amide bonds. The number of sulfonamides is 1. The predicted octanol–water partition coefficient (Wildman–Crippen LogP) is 1.42. The first-order chi connectivity index (χ1) is 9.62. The number of nitrogens with one attached hydrogen (secondary N) is 1. The molecule has 1 unspecified atom stereocenters. The lowest BCUT2D eigenvalue weighted by Gasteiger charge is -2.22. The molecule has 2 rings (SSSR count). The standard InChI is InChI=1S/C14H21NO4S/c16-11-12-4-3-6-14(10-12)20(17,18)15-8-7-13-5-1-2-9-19-13/h3-4,6,10,13,15-16H,1-2,5,7-9,11H2. The van der Waals surface area contributed by atoms with Gasteiger partial charge in [-0.3, -0.25) is 0 Å². The van der Waals surface area contributed by atoms with Gasteiger partial charge in [0.05, 0.1) is 17.6 Å². The summed E-state index contributed by atoms with van der Waals surface area (Å²) in [7, 11) is -3.51. The second kappa shape index (κ2) is 7.17. The summed E-state index contributed by atoms with van der Waals surface area (Å²) in [5.41, 5.74) is 0.587. The first-order valence-corrected chi connectivity index (χ1v) is 8.41. The summed E-state index contributed by atoms with van der Waals surface area (Å²) in [5.74, 6) is 0. The highest BCUT2D eigenvalue weighted by Gasteiger charge is 2.17. The largest absolute Gasteiger partial charge is 0.392 e. The van der Waals surface area contributed by atoms with Gasteiger partial charge in [-0.1, -0.05) is 12.1 Å². The van der Waals surface area contributed by atoms with Crippen molar-refractivity contribution in [2.24, 2.45) is 0 Å². The van der Waals surface area contributed by atoms with Gasteiger partial charge < -0.3 is 9.84 Å². The molecule has 1 aromatic carbocycles. The van der Waals surface area contributed by atoms with E-state index in [1.165, 1.54) is 12.1 Å². The Hall–Kier alpha value is -0.950. The highest BCUT2D eigenvalue weighted by molar-refractivity contribution is 7.89. The highest BCUT2D eigenvalue weighted by atomic mass is 32.2. The normalized spacial score (nSPS) is 19.9. The summed E-state index contributed by atoms with van der Waals surface area (Å²) in [5, 5.41) is 9.04.